The predicted molar refractivity (Wildman–Crippen MR) is 110 cm³/mol. The zero-order chi connectivity index (χ0) is 20.5. The summed E-state index contributed by atoms with van der Waals surface area (Å²) >= 11 is 0. The second-order valence-electron chi connectivity index (χ2n) is 6.99. The van der Waals surface area contributed by atoms with Crippen molar-refractivity contribution in [1.82, 2.24) is 18.8 Å². The molecule has 0 aliphatic rings. The van der Waals surface area contributed by atoms with Crippen LogP contribution in [0.2, 0.25) is 0 Å². The highest BCUT2D eigenvalue weighted by molar-refractivity contribution is 7.89. The summed E-state index contributed by atoms with van der Waals surface area (Å²) in [7, 11) is 1.56. The average Bonchev–Trinajstić information content (AvgIpc) is 2.88. The van der Waals surface area contributed by atoms with Gasteiger partial charge in [0.2, 0.25) is 10.0 Å². The number of benzene rings is 1. The van der Waals surface area contributed by atoms with E-state index in [4.69, 9.17) is 0 Å². The molecule has 0 amide bonds. The second-order valence-corrected chi connectivity index (χ2v) is 9.14. The van der Waals surface area contributed by atoms with Crippen molar-refractivity contribution in [2.75, 3.05) is 19.4 Å². The third-order valence-corrected chi connectivity index (χ3v) is 6.49. The maximum absolute atomic E-state index is 12.3. The molecule has 0 saturated carbocycles. The number of nitrogens with zero attached hydrogens (tertiary/aromatic N) is 4. The molecule has 0 radical (unpaired) electrons. The van der Waals surface area contributed by atoms with Crippen molar-refractivity contribution in [1.29, 1.82) is 0 Å². The van der Waals surface area contributed by atoms with E-state index in [1.165, 1.54) is 29.5 Å². The Labute approximate surface area is 166 Å². The predicted octanol–water partition coefficient (Wildman–Crippen LogP) is 3.02. The molecule has 148 valence electrons. The molecule has 7 nitrogen and oxygen atoms in total. The number of aromatic nitrogens is 3. The smallest absolute Gasteiger partial charge is 0.242 e. The number of anilines is 2. The summed E-state index contributed by atoms with van der Waals surface area (Å²) in [4.78, 5) is 9.19. The molecule has 0 unspecified atom stereocenters. The molecule has 3 rings (SSSR count). The zero-order valence-corrected chi connectivity index (χ0v) is 17.6. The van der Waals surface area contributed by atoms with Gasteiger partial charge in [-0.2, -0.15) is 0 Å². The molecule has 2 aromatic heterocycles. The first-order valence-corrected chi connectivity index (χ1v) is 10.4. The molecular formula is C20H25N5O2S. The molecule has 0 aliphatic heterocycles. The van der Waals surface area contributed by atoms with Crippen LogP contribution in [0, 0.1) is 13.8 Å². The Morgan fingerprint density at radius 2 is 1.93 bits per heavy atom. The van der Waals surface area contributed by atoms with E-state index in [1.807, 2.05) is 23.7 Å². The van der Waals surface area contributed by atoms with E-state index < -0.39 is 10.0 Å². The number of nitrogens with one attached hydrogen (secondary N) is 1. The maximum atomic E-state index is 12.3. The highest BCUT2D eigenvalue weighted by atomic mass is 32.2. The molecule has 2 heterocycles. The molecule has 1 aromatic carbocycles. The lowest BCUT2D eigenvalue weighted by molar-refractivity contribution is 0.520. The highest BCUT2D eigenvalue weighted by Crippen LogP contribution is 2.23. The number of hydrogen-bond acceptors (Lipinski definition) is 5. The minimum Gasteiger partial charge on any atom is -0.337 e. The highest BCUT2D eigenvalue weighted by Gasteiger charge is 2.17. The molecule has 0 aliphatic carbocycles. The molecule has 0 atom stereocenters. The number of rotatable bonds is 6. The lowest BCUT2D eigenvalue weighted by atomic mass is 10.1. The van der Waals surface area contributed by atoms with Gasteiger partial charge in [-0.25, -0.2) is 22.7 Å². The van der Waals surface area contributed by atoms with Crippen LogP contribution in [0.3, 0.4) is 0 Å². The SMILES string of the molecule is Cc1cn(C)c(Nc2ccnc(Cc3cccc(S(=O)(=O)N(C)C)c3)n2)c1C. The van der Waals surface area contributed by atoms with Crippen LogP contribution in [0.1, 0.15) is 22.5 Å². The van der Waals surface area contributed by atoms with Gasteiger partial charge in [-0.1, -0.05) is 12.1 Å². The van der Waals surface area contributed by atoms with Crippen molar-refractivity contribution in [3.8, 4) is 0 Å². The lowest BCUT2D eigenvalue weighted by Gasteiger charge is -2.12. The van der Waals surface area contributed by atoms with Crippen LogP contribution in [0.25, 0.3) is 0 Å². The van der Waals surface area contributed by atoms with Gasteiger partial charge in [-0.3, -0.25) is 0 Å². The van der Waals surface area contributed by atoms with Crippen LogP contribution in [0.15, 0.2) is 47.6 Å². The van der Waals surface area contributed by atoms with Crippen molar-refractivity contribution in [2.24, 2.45) is 7.05 Å². The Balaban J connectivity index is 1.84. The van der Waals surface area contributed by atoms with Crippen LogP contribution in [0.4, 0.5) is 11.6 Å². The summed E-state index contributed by atoms with van der Waals surface area (Å²) in [6, 6.07) is 8.70. The van der Waals surface area contributed by atoms with Gasteiger partial charge in [-0.15, -0.1) is 0 Å². The monoisotopic (exact) mass is 399 g/mol. The Hall–Kier alpha value is -2.71. The van der Waals surface area contributed by atoms with E-state index in [-0.39, 0.29) is 4.90 Å². The van der Waals surface area contributed by atoms with Gasteiger partial charge in [0, 0.05) is 40.0 Å². The van der Waals surface area contributed by atoms with Crippen LogP contribution in [-0.4, -0.2) is 41.4 Å². The lowest BCUT2D eigenvalue weighted by Crippen LogP contribution is -2.22. The zero-order valence-electron chi connectivity index (χ0n) is 16.8. The summed E-state index contributed by atoms with van der Waals surface area (Å²) < 4.78 is 27.9. The fourth-order valence-corrected chi connectivity index (χ4v) is 3.94. The first kappa shape index (κ1) is 20.0. The van der Waals surface area contributed by atoms with E-state index in [2.05, 4.69) is 35.3 Å². The van der Waals surface area contributed by atoms with Crippen LogP contribution in [0.5, 0.6) is 0 Å². The molecule has 3 aromatic rings. The summed E-state index contributed by atoms with van der Waals surface area (Å²) in [6.45, 7) is 4.14. The van der Waals surface area contributed by atoms with E-state index in [1.54, 1.807) is 24.4 Å². The third-order valence-electron chi connectivity index (χ3n) is 4.68. The summed E-state index contributed by atoms with van der Waals surface area (Å²) in [5.74, 6) is 2.31. The molecular weight excluding hydrogens is 374 g/mol. The van der Waals surface area contributed by atoms with Crippen LogP contribution >= 0.6 is 0 Å². The molecule has 0 saturated heterocycles. The Morgan fingerprint density at radius 1 is 1.18 bits per heavy atom. The minimum atomic E-state index is -3.47. The third kappa shape index (κ3) is 4.07. The van der Waals surface area contributed by atoms with E-state index in [0.717, 1.165) is 11.4 Å². The van der Waals surface area contributed by atoms with Crippen LogP contribution < -0.4 is 5.32 Å². The van der Waals surface area contributed by atoms with Gasteiger partial charge in [0.15, 0.2) is 0 Å². The van der Waals surface area contributed by atoms with Gasteiger partial charge in [0.1, 0.15) is 17.5 Å². The average molecular weight is 400 g/mol. The van der Waals surface area contributed by atoms with E-state index in [9.17, 15) is 8.42 Å². The topological polar surface area (TPSA) is 80.1 Å². The summed E-state index contributed by atoms with van der Waals surface area (Å²) in [6.07, 6.45) is 4.21. The molecule has 8 heteroatoms. The molecule has 1 N–H and O–H groups in total. The van der Waals surface area contributed by atoms with Gasteiger partial charge in [0.25, 0.3) is 0 Å². The standard InChI is InChI=1S/C20H25N5O2S/c1-14-13-25(5)20(15(14)2)23-18-9-10-21-19(22-18)12-16-7-6-8-17(11-16)28(26,27)24(3)4/h6-11,13H,12H2,1-5H3,(H,21,22,23). The van der Waals surface area contributed by atoms with Crippen LogP contribution in [-0.2, 0) is 23.5 Å². The Bertz CT molecular complexity index is 1100. The van der Waals surface area contributed by atoms with Gasteiger partial charge in [-0.05, 0) is 48.7 Å². The van der Waals surface area contributed by atoms with Crippen molar-refractivity contribution in [2.45, 2.75) is 25.2 Å². The Morgan fingerprint density at radius 3 is 2.57 bits per heavy atom. The van der Waals surface area contributed by atoms with Gasteiger partial charge < -0.3 is 9.88 Å². The fourth-order valence-electron chi connectivity index (χ4n) is 2.97. The summed E-state index contributed by atoms with van der Waals surface area (Å²) in [5, 5.41) is 3.35. The minimum absolute atomic E-state index is 0.263. The fraction of sp³-hybridized carbons (Fsp3) is 0.300. The first-order valence-electron chi connectivity index (χ1n) is 8.91. The molecule has 0 bridgehead atoms. The number of hydrogen-bond donors (Lipinski definition) is 1. The quantitative estimate of drug-likeness (QED) is 0.689. The van der Waals surface area contributed by atoms with E-state index in [0.29, 0.717) is 18.1 Å². The first-order chi connectivity index (χ1) is 13.2. The Kier molecular flexibility index (Phi) is 5.53. The van der Waals surface area contributed by atoms with Gasteiger partial charge in [0.05, 0.1) is 4.90 Å². The summed E-state index contributed by atoms with van der Waals surface area (Å²) in [5.41, 5.74) is 3.22. The maximum Gasteiger partial charge on any atom is 0.242 e. The number of sulfonamides is 1. The van der Waals surface area contributed by atoms with Gasteiger partial charge >= 0.3 is 0 Å². The van der Waals surface area contributed by atoms with Crippen molar-refractivity contribution >= 4 is 21.7 Å². The normalized spacial score (nSPS) is 11.8. The molecule has 28 heavy (non-hydrogen) atoms. The molecule has 0 fully saturated rings. The largest absolute Gasteiger partial charge is 0.337 e. The molecule has 0 spiro atoms. The number of aryl methyl sites for hydroxylation is 2. The second kappa shape index (κ2) is 7.73. The van der Waals surface area contributed by atoms with Crippen molar-refractivity contribution in [3.05, 3.63) is 65.2 Å². The van der Waals surface area contributed by atoms with E-state index >= 15 is 0 Å². The van der Waals surface area contributed by atoms with Crippen molar-refractivity contribution < 1.29 is 8.42 Å². The van der Waals surface area contributed by atoms with Crippen molar-refractivity contribution in [3.63, 3.8) is 0 Å².